The molecule has 32 heavy (non-hydrogen) atoms. The van der Waals surface area contributed by atoms with Crippen LogP contribution in [0.3, 0.4) is 0 Å². The highest BCUT2D eigenvalue weighted by Crippen LogP contribution is 2.44. The molecule has 0 amide bonds. The summed E-state index contributed by atoms with van der Waals surface area (Å²) < 4.78 is 14.7. The molecule has 168 valence electrons. The number of nitrogens with zero attached hydrogens (tertiary/aromatic N) is 2. The summed E-state index contributed by atoms with van der Waals surface area (Å²) in [6.45, 7) is 4.51. The molecule has 1 N–H and O–H groups in total. The van der Waals surface area contributed by atoms with E-state index in [1.807, 2.05) is 19.1 Å². The quantitative estimate of drug-likeness (QED) is 0.448. The maximum absolute atomic E-state index is 12.3. The lowest BCUT2D eigenvalue weighted by molar-refractivity contribution is -0.142. The van der Waals surface area contributed by atoms with E-state index in [0.29, 0.717) is 25.2 Å². The second-order valence-corrected chi connectivity index (χ2v) is 9.48. The number of halogens is 1. The maximum atomic E-state index is 12.3. The van der Waals surface area contributed by atoms with E-state index in [-0.39, 0.29) is 12.4 Å². The third-order valence-corrected chi connectivity index (χ3v) is 6.80. The van der Waals surface area contributed by atoms with Gasteiger partial charge in [0.1, 0.15) is 18.1 Å². The lowest BCUT2D eigenvalue weighted by atomic mass is 9.99. The molecule has 2 heterocycles. The minimum absolute atomic E-state index is 0.210. The average Bonchev–Trinajstić information content (AvgIpc) is 3.36. The maximum Gasteiger partial charge on any atom is 0.310 e. The number of hydrogen-bond acceptors (Lipinski definition) is 5. The van der Waals surface area contributed by atoms with Crippen molar-refractivity contribution in [1.29, 1.82) is 0 Å². The first-order valence-corrected chi connectivity index (χ1v) is 12.2. The first-order chi connectivity index (χ1) is 15.6. The van der Waals surface area contributed by atoms with Crippen LogP contribution in [0.2, 0.25) is 0 Å². The van der Waals surface area contributed by atoms with Crippen LogP contribution in [0.15, 0.2) is 40.9 Å². The fourth-order valence-corrected chi connectivity index (χ4v) is 4.96. The zero-order chi connectivity index (χ0) is 22.1. The van der Waals surface area contributed by atoms with E-state index in [2.05, 4.69) is 50.2 Å². The van der Waals surface area contributed by atoms with Crippen molar-refractivity contribution in [3.8, 4) is 5.75 Å². The van der Waals surface area contributed by atoms with Gasteiger partial charge in [0.2, 0.25) is 0 Å². The van der Waals surface area contributed by atoms with Crippen molar-refractivity contribution in [1.82, 2.24) is 15.1 Å². The van der Waals surface area contributed by atoms with Crippen LogP contribution in [0.1, 0.15) is 55.0 Å². The van der Waals surface area contributed by atoms with Gasteiger partial charge in [-0.1, -0.05) is 28.1 Å². The van der Waals surface area contributed by atoms with Gasteiger partial charge in [0.25, 0.3) is 0 Å². The molecule has 1 aromatic heterocycles. The molecule has 2 aromatic carbocycles. The average molecular weight is 498 g/mol. The Kier molecular flexibility index (Phi) is 6.20. The Bertz CT molecular complexity index is 1130. The van der Waals surface area contributed by atoms with Crippen molar-refractivity contribution in [2.45, 2.75) is 51.2 Å². The van der Waals surface area contributed by atoms with Gasteiger partial charge in [-0.3, -0.25) is 9.48 Å². The predicted molar refractivity (Wildman–Crippen MR) is 127 cm³/mol. The molecule has 3 aromatic rings. The van der Waals surface area contributed by atoms with Gasteiger partial charge < -0.3 is 14.8 Å². The van der Waals surface area contributed by atoms with Crippen molar-refractivity contribution in [2.75, 3.05) is 19.7 Å². The molecule has 7 heteroatoms. The van der Waals surface area contributed by atoms with Crippen molar-refractivity contribution in [3.63, 3.8) is 0 Å². The number of carbonyl (C=O) groups excluding carboxylic acids is 1. The van der Waals surface area contributed by atoms with Crippen LogP contribution in [-0.2, 0) is 22.6 Å². The summed E-state index contributed by atoms with van der Waals surface area (Å²) in [5, 5.41) is 9.48. The highest BCUT2D eigenvalue weighted by molar-refractivity contribution is 9.10. The molecule has 0 bridgehead atoms. The van der Waals surface area contributed by atoms with Crippen LogP contribution in [0.25, 0.3) is 10.9 Å². The molecule has 1 saturated heterocycles. The zero-order valence-electron chi connectivity index (χ0n) is 18.3. The lowest BCUT2D eigenvalue weighted by Gasteiger charge is -2.15. The Morgan fingerprint density at radius 3 is 2.88 bits per heavy atom. The molecule has 6 nitrogen and oxygen atoms in total. The molecule has 1 saturated carbocycles. The molecule has 5 rings (SSSR count). The summed E-state index contributed by atoms with van der Waals surface area (Å²) in [6, 6.07) is 12.7. The van der Waals surface area contributed by atoms with Gasteiger partial charge in [-0.2, -0.15) is 5.10 Å². The second kappa shape index (κ2) is 9.24. The Labute approximate surface area is 196 Å². The minimum atomic E-state index is -0.210. The standard InChI is InChI=1S/C25H28BrN3O3/c1-2-31-25(30)13-20-19(16-6-7-16)4-3-5-24(20)32-15-22-21-12-17(26)8-9-23(21)29(28-22)18-10-11-27-14-18/h3-5,8-9,12,16,18,27H,2,6-7,10-11,13-15H2,1H3/t18-/m0/s1. The third kappa shape index (κ3) is 4.41. The Hall–Kier alpha value is -2.38. The number of rotatable bonds is 8. The van der Waals surface area contributed by atoms with E-state index >= 15 is 0 Å². The largest absolute Gasteiger partial charge is 0.487 e. The molecule has 2 aliphatic rings. The van der Waals surface area contributed by atoms with Crippen LogP contribution >= 0.6 is 15.9 Å². The number of esters is 1. The number of hydrogen-bond donors (Lipinski definition) is 1. The van der Waals surface area contributed by atoms with Crippen LogP contribution in [0, 0.1) is 0 Å². The number of carbonyl (C=O) groups is 1. The van der Waals surface area contributed by atoms with Crippen LogP contribution in [0.5, 0.6) is 5.75 Å². The number of benzene rings is 2. The Morgan fingerprint density at radius 2 is 2.12 bits per heavy atom. The molecule has 1 aliphatic heterocycles. The summed E-state index contributed by atoms with van der Waals surface area (Å²) >= 11 is 3.60. The molecule has 2 fully saturated rings. The van der Waals surface area contributed by atoms with Gasteiger partial charge >= 0.3 is 5.97 Å². The first kappa shape index (κ1) is 21.5. The summed E-state index contributed by atoms with van der Waals surface area (Å²) in [5.74, 6) is 1.06. The monoisotopic (exact) mass is 497 g/mol. The lowest BCUT2D eigenvalue weighted by Crippen LogP contribution is -2.15. The molecular formula is C25H28BrN3O3. The number of aromatic nitrogens is 2. The topological polar surface area (TPSA) is 65.4 Å². The molecule has 0 unspecified atom stereocenters. The number of fused-ring (bicyclic) bond motifs is 1. The van der Waals surface area contributed by atoms with Gasteiger partial charge in [-0.05, 0) is 68.5 Å². The number of nitrogens with one attached hydrogen (secondary N) is 1. The molecule has 1 atom stereocenters. The Balaban J connectivity index is 1.45. The molecule has 0 radical (unpaired) electrons. The second-order valence-electron chi connectivity index (χ2n) is 8.57. The van der Waals surface area contributed by atoms with Gasteiger partial charge in [0, 0.05) is 22.0 Å². The molecular weight excluding hydrogens is 470 g/mol. The van der Waals surface area contributed by atoms with Crippen molar-refractivity contribution < 1.29 is 14.3 Å². The summed E-state index contributed by atoms with van der Waals surface area (Å²) in [4.78, 5) is 12.3. The SMILES string of the molecule is CCOC(=O)Cc1c(OCc2nn([C@H]3CCNC3)c3ccc(Br)cc23)cccc1C1CC1. The van der Waals surface area contributed by atoms with E-state index in [1.165, 1.54) is 5.56 Å². The van der Waals surface area contributed by atoms with Crippen LogP contribution < -0.4 is 10.1 Å². The van der Waals surface area contributed by atoms with Gasteiger partial charge in [-0.25, -0.2) is 0 Å². The van der Waals surface area contributed by atoms with E-state index in [4.69, 9.17) is 14.6 Å². The zero-order valence-corrected chi connectivity index (χ0v) is 19.9. The molecule has 1 aliphatic carbocycles. The van der Waals surface area contributed by atoms with E-state index in [0.717, 1.165) is 64.7 Å². The van der Waals surface area contributed by atoms with Crippen molar-refractivity contribution in [3.05, 3.63) is 57.7 Å². The van der Waals surface area contributed by atoms with Crippen molar-refractivity contribution in [2.24, 2.45) is 0 Å². The highest BCUT2D eigenvalue weighted by Gasteiger charge is 2.29. The smallest absolute Gasteiger partial charge is 0.310 e. The highest BCUT2D eigenvalue weighted by atomic mass is 79.9. The van der Waals surface area contributed by atoms with Crippen LogP contribution in [-0.4, -0.2) is 35.4 Å². The fraction of sp³-hybridized carbons (Fsp3) is 0.440. The fourth-order valence-electron chi connectivity index (χ4n) is 4.60. The van der Waals surface area contributed by atoms with E-state index < -0.39 is 0 Å². The molecule has 0 spiro atoms. The van der Waals surface area contributed by atoms with E-state index in [1.54, 1.807) is 0 Å². The van der Waals surface area contributed by atoms with E-state index in [9.17, 15) is 4.79 Å². The first-order valence-electron chi connectivity index (χ1n) is 11.4. The third-order valence-electron chi connectivity index (χ3n) is 6.30. The van der Waals surface area contributed by atoms with Crippen LogP contribution in [0.4, 0.5) is 0 Å². The van der Waals surface area contributed by atoms with Gasteiger partial charge in [-0.15, -0.1) is 0 Å². The summed E-state index contributed by atoms with van der Waals surface area (Å²) in [7, 11) is 0. The normalized spacial score (nSPS) is 18.2. The van der Waals surface area contributed by atoms with Crippen molar-refractivity contribution >= 4 is 32.8 Å². The van der Waals surface area contributed by atoms with Gasteiger partial charge in [0.15, 0.2) is 0 Å². The Morgan fingerprint density at radius 1 is 1.25 bits per heavy atom. The predicted octanol–water partition coefficient (Wildman–Crippen LogP) is 4.90. The minimum Gasteiger partial charge on any atom is -0.487 e. The van der Waals surface area contributed by atoms with Gasteiger partial charge in [0.05, 0.1) is 24.6 Å². The summed E-state index contributed by atoms with van der Waals surface area (Å²) in [5.41, 5.74) is 4.20. The number of ether oxygens (including phenoxy) is 2. The summed E-state index contributed by atoms with van der Waals surface area (Å²) in [6.07, 6.45) is 3.64.